The summed E-state index contributed by atoms with van der Waals surface area (Å²) in [6.07, 6.45) is 0. The van der Waals surface area contributed by atoms with Crippen LogP contribution in [0.2, 0.25) is 0 Å². The van der Waals surface area contributed by atoms with Gasteiger partial charge in [0, 0.05) is 11.3 Å². The molecule has 3 heterocycles. The highest BCUT2D eigenvalue weighted by Crippen LogP contribution is 2.51. The Morgan fingerprint density at radius 2 is 1.10 bits per heavy atom. The lowest BCUT2D eigenvalue weighted by molar-refractivity contribution is -0.291. The summed E-state index contributed by atoms with van der Waals surface area (Å²) in [5, 5.41) is 0. The van der Waals surface area contributed by atoms with Gasteiger partial charge in [0.15, 0.2) is 0 Å². The third kappa shape index (κ3) is 3.74. The van der Waals surface area contributed by atoms with Crippen LogP contribution in [0.5, 0.6) is 0 Å². The van der Waals surface area contributed by atoms with E-state index in [4.69, 9.17) is 4.99 Å². The summed E-state index contributed by atoms with van der Waals surface area (Å²) in [6, 6.07) is 37.7. The van der Waals surface area contributed by atoms with E-state index in [1.54, 1.807) is 0 Å². The lowest BCUT2D eigenvalue weighted by Gasteiger charge is -2.32. The molecule has 2 aliphatic heterocycles. The van der Waals surface area contributed by atoms with Gasteiger partial charge in [0.2, 0.25) is 5.82 Å². The normalized spacial score (nSPS) is 15.7. The van der Waals surface area contributed by atoms with E-state index < -0.39 is 6.97 Å². The number of hydrogen-bond acceptors (Lipinski definition) is 1. The summed E-state index contributed by atoms with van der Waals surface area (Å²) < 4.78 is 38.2. The summed E-state index contributed by atoms with van der Waals surface area (Å²) in [5.41, 5.74) is 4.99. The Kier molecular flexibility index (Phi) is 6.06. The third-order valence-corrected chi connectivity index (χ3v) is 8.84. The Morgan fingerprint density at radius 3 is 1.65 bits per heavy atom. The van der Waals surface area contributed by atoms with E-state index in [-0.39, 0.29) is 11.7 Å². The largest absolute Gasteiger partial charge is 0.642 e. The third-order valence-electron chi connectivity index (χ3n) is 7.29. The summed E-state index contributed by atoms with van der Waals surface area (Å²) in [7, 11) is 0. The number of benzene rings is 4. The highest BCUT2D eigenvalue weighted by molar-refractivity contribution is 9.12. The zero-order valence-electron chi connectivity index (χ0n) is 21.0. The fourth-order valence-electron chi connectivity index (χ4n) is 5.58. The number of fused-ring (bicyclic) bond motifs is 2. The molecule has 0 saturated carbocycles. The van der Waals surface area contributed by atoms with E-state index in [0.717, 1.165) is 20.1 Å². The van der Waals surface area contributed by atoms with E-state index >= 15 is 8.63 Å². The molecule has 1 aromatic heterocycles. The summed E-state index contributed by atoms with van der Waals surface area (Å²) in [6.45, 7) is -4.40. The summed E-state index contributed by atoms with van der Waals surface area (Å²) in [5.74, 6) is 0.437. The van der Waals surface area contributed by atoms with Crippen molar-refractivity contribution in [2.75, 3.05) is 0 Å². The number of nitrogens with zero attached hydrogens (tertiary/aromatic N) is 3. The highest BCUT2D eigenvalue weighted by atomic mass is 79.9. The van der Waals surface area contributed by atoms with Gasteiger partial charge in [-0.3, -0.25) is 0 Å². The van der Waals surface area contributed by atoms with Crippen molar-refractivity contribution in [1.82, 2.24) is 4.48 Å². The molecule has 0 amide bonds. The molecule has 3 nitrogen and oxygen atoms in total. The smallest absolute Gasteiger partial charge is 0.414 e. The molecule has 7 rings (SSSR count). The van der Waals surface area contributed by atoms with Crippen molar-refractivity contribution in [3.8, 4) is 22.4 Å². The van der Waals surface area contributed by atoms with Gasteiger partial charge in [-0.15, -0.1) is 0 Å². The van der Waals surface area contributed by atoms with Crippen LogP contribution >= 0.6 is 31.9 Å². The van der Waals surface area contributed by atoms with Crippen molar-refractivity contribution in [2.24, 2.45) is 4.99 Å². The van der Waals surface area contributed by atoms with E-state index in [0.29, 0.717) is 42.6 Å². The van der Waals surface area contributed by atoms with Crippen LogP contribution < -0.4 is 0 Å². The molecule has 0 bridgehead atoms. The minimum absolute atomic E-state index is 0.219. The molecule has 194 valence electrons. The van der Waals surface area contributed by atoms with Crippen LogP contribution in [0.25, 0.3) is 28.0 Å². The number of hydrogen-bond donors (Lipinski definition) is 0. The molecule has 0 saturated heterocycles. The standard InChI is InChI=1S/C32H20BBr2F2N3/c34-27-25(21-13-5-1-6-14-21)31-38-32-26(22-15-7-2-8-16-22)28(35)30(24-19-11-4-12-20-24)40(32)33(36,37)39(31)29(27)23-17-9-3-10-18-23/h1-20H. The predicted molar refractivity (Wildman–Crippen MR) is 167 cm³/mol. The number of allylic oxidation sites excluding steroid dienone is 1. The van der Waals surface area contributed by atoms with Crippen LogP contribution in [0, 0.1) is 0 Å². The van der Waals surface area contributed by atoms with Crippen LogP contribution in [-0.2, 0) is 0 Å². The number of amidine groups is 1. The predicted octanol–water partition coefficient (Wildman–Crippen LogP) is 9.17. The van der Waals surface area contributed by atoms with Crippen molar-refractivity contribution in [2.45, 2.75) is 0 Å². The first-order valence-electron chi connectivity index (χ1n) is 12.8. The maximum atomic E-state index is 17.4. The Balaban J connectivity index is 1.62. The van der Waals surface area contributed by atoms with E-state index in [1.807, 2.05) is 121 Å². The minimum atomic E-state index is -4.40. The van der Waals surface area contributed by atoms with Gasteiger partial charge in [0.1, 0.15) is 5.71 Å². The van der Waals surface area contributed by atoms with Gasteiger partial charge in [0.05, 0.1) is 20.1 Å². The van der Waals surface area contributed by atoms with Crippen LogP contribution in [0.15, 0.2) is 135 Å². The molecule has 8 heteroatoms. The lowest BCUT2D eigenvalue weighted by Crippen LogP contribution is -2.53. The van der Waals surface area contributed by atoms with Crippen LogP contribution in [0.1, 0.15) is 11.1 Å². The Hall–Kier alpha value is -3.88. The van der Waals surface area contributed by atoms with Gasteiger partial charge in [-0.1, -0.05) is 121 Å². The average Bonchev–Trinajstić information content (AvgIpc) is 3.46. The van der Waals surface area contributed by atoms with Gasteiger partial charge >= 0.3 is 6.97 Å². The van der Waals surface area contributed by atoms with Crippen molar-refractivity contribution < 1.29 is 13.1 Å². The van der Waals surface area contributed by atoms with Gasteiger partial charge in [0.25, 0.3) is 5.84 Å². The first-order valence-corrected chi connectivity index (χ1v) is 14.4. The summed E-state index contributed by atoms with van der Waals surface area (Å²) >= 11 is 7.48. The zero-order valence-corrected chi connectivity index (χ0v) is 24.1. The molecule has 0 aliphatic carbocycles. The fraction of sp³-hybridized carbons (Fsp3) is 0. The number of rotatable bonds is 4. The number of aliphatic imine (C=N–C) groups is 1. The first-order chi connectivity index (χ1) is 19.5. The zero-order chi connectivity index (χ0) is 27.4. The monoisotopic (exact) mass is 653 g/mol. The second-order valence-electron chi connectivity index (χ2n) is 9.63. The summed E-state index contributed by atoms with van der Waals surface area (Å²) in [4.78, 5) is 5.07. The number of halogens is 4. The quantitative estimate of drug-likeness (QED) is 0.172. The maximum absolute atomic E-state index is 17.4. The average molecular weight is 655 g/mol. The molecule has 0 unspecified atom stereocenters. The molecular formula is C32H20BBr2F2N3. The molecule has 0 spiro atoms. The van der Waals surface area contributed by atoms with E-state index in [9.17, 15) is 0 Å². The number of aromatic nitrogens is 1. The van der Waals surface area contributed by atoms with Gasteiger partial charge in [-0.2, -0.15) is 0 Å². The second-order valence-corrected chi connectivity index (χ2v) is 11.2. The molecule has 0 N–H and O–H groups in total. The van der Waals surface area contributed by atoms with E-state index in [1.165, 1.54) is 0 Å². The molecule has 2 aliphatic rings. The molecule has 0 fully saturated rings. The van der Waals surface area contributed by atoms with Crippen molar-refractivity contribution in [3.05, 3.63) is 141 Å². The highest BCUT2D eigenvalue weighted by Gasteiger charge is 2.55. The lowest BCUT2D eigenvalue weighted by atomic mass is 9.91. The first kappa shape index (κ1) is 25.1. The van der Waals surface area contributed by atoms with Crippen LogP contribution in [-0.4, -0.2) is 27.5 Å². The van der Waals surface area contributed by atoms with Gasteiger partial charge in [-0.25, -0.2) is 0 Å². The van der Waals surface area contributed by atoms with Crippen LogP contribution in [0.3, 0.4) is 0 Å². The Morgan fingerprint density at radius 1 is 0.625 bits per heavy atom. The Labute approximate surface area is 247 Å². The molecule has 5 aromatic rings. The fourth-order valence-corrected chi connectivity index (χ4v) is 7.23. The van der Waals surface area contributed by atoms with E-state index in [2.05, 4.69) is 31.9 Å². The maximum Gasteiger partial charge on any atom is 0.642 e. The molecular weight excluding hydrogens is 635 g/mol. The van der Waals surface area contributed by atoms with Crippen molar-refractivity contribution in [1.29, 1.82) is 0 Å². The SMILES string of the molecule is F[B-]1(F)n2c(c(-c3ccccc3)c(Br)c2-c2ccccc2)N=C2C(c3ccccc3)=C(Br)C(c3ccccc3)=[N+]21. The molecule has 4 aromatic carbocycles. The second kappa shape index (κ2) is 9.64. The van der Waals surface area contributed by atoms with Crippen LogP contribution in [0.4, 0.5) is 14.4 Å². The van der Waals surface area contributed by atoms with Gasteiger partial charge < -0.3 is 17.6 Å². The van der Waals surface area contributed by atoms with Crippen molar-refractivity contribution >= 4 is 61.8 Å². The van der Waals surface area contributed by atoms with Gasteiger partial charge in [-0.05, 0) is 53.5 Å². The molecule has 0 radical (unpaired) electrons. The molecule has 0 atom stereocenters. The molecule has 40 heavy (non-hydrogen) atoms. The topological polar surface area (TPSA) is 20.3 Å². The van der Waals surface area contributed by atoms with Crippen molar-refractivity contribution in [3.63, 3.8) is 0 Å². The minimum Gasteiger partial charge on any atom is -0.414 e. The Bertz CT molecular complexity index is 1870.